The highest BCUT2D eigenvalue weighted by Gasteiger charge is 2.15. The van der Waals surface area contributed by atoms with Crippen LogP contribution < -0.4 is 10.6 Å². The van der Waals surface area contributed by atoms with Crippen LogP contribution in [0.2, 0.25) is 0 Å². The Kier molecular flexibility index (Phi) is 3.20. The van der Waals surface area contributed by atoms with Gasteiger partial charge in [0.15, 0.2) is 11.5 Å². The van der Waals surface area contributed by atoms with Crippen molar-refractivity contribution in [2.75, 3.05) is 0 Å². The molecule has 2 rings (SSSR count). The van der Waals surface area contributed by atoms with E-state index in [0.717, 1.165) is 0 Å². The molecule has 0 aliphatic rings. The van der Waals surface area contributed by atoms with Gasteiger partial charge in [-0.2, -0.15) is 0 Å². The Balaban J connectivity index is 2.21. The van der Waals surface area contributed by atoms with Gasteiger partial charge in [0.2, 0.25) is 5.71 Å². The van der Waals surface area contributed by atoms with E-state index >= 15 is 0 Å². The second-order valence-corrected chi connectivity index (χ2v) is 3.15. The first kappa shape index (κ1) is 10.9. The molecule has 17 heavy (non-hydrogen) atoms. The predicted octanol–water partition coefficient (Wildman–Crippen LogP) is 1.87. The molecule has 0 aliphatic heterocycles. The number of hydrogen-bond donors (Lipinski definition) is 0. The van der Waals surface area contributed by atoms with Crippen LogP contribution in [0.4, 0.5) is 0 Å². The number of carbonyl (C=O) groups is 1. The molecule has 5 nitrogen and oxygen atoms in total. The third kappa shape index (κ3) is 2.72. The first-order valence-electron chi connectivity index (χ1n) is 4.87. The molecule has 1 N–H and O–H groups in total. The lowest BCUT2D eigenvalue weighted by Crippen LogP contribution is -2.16. The van der Waals surface area contributed by atoms with Crippen molar-refractivity contribution < 1.29 is 14.0 Å². The summed E-state index contributed by atoms with van der Waals surface area (Å²) in [6.07, 6.45) is 1.40. The van der Waals surface area contributed by atoms with Crippen molar-refractivity contribution in [1.82, 2.24) is 5.73 Å². The van der Waals surface area contributed by atoms with Crippen molar-refractivity contribution in [1.29, 1.82) is 0 Å². The van der Waals surface area contributed by atoms with Gasteiger partial charge in [-0.1, -0.05) is 23.4 Å². The van der Waals surface area contributed by atoms with Gasteiger partial charge in [0, 0.05) is 0 Å². The van der Waals surface area contributed by atoms with Gasteiger partial charge in [-0.15, -0.1) is 0 Å². The maximum absolute atomic E-state index is 11.1. The highest BCUT2D eigenvalue weighted by molar-refractivity contribution is 6.43. The van der Waals surface area contributed by atoms with Gasteiger partial charge in [0.1, 0.15) is 0 Å². The number of carbonyl (C=O) groups excluding carboxylic acids is 1. The summed E-state index contributed by atoms with van der Waals surface area (Å²) in [5, 5.41) is 3.62. The highest BCUT2D eigenvalue weighted by Crippen LogP contribution is 2.10. The van der Waals surface area contributed by atoms with Crippen molar-refractivity contribution in [2.24, 2.45) is 5.16 Å². The number of furan rings is 1. The zero-order chi connectivity index (χ0) is 12.1. The molecule has 1 aromatic heterocycles. The number of rotatable bonds is 4. The van der Waals surface area contributed by atoms with E-state index in [-0.39, 0.29) is 11.5 Å². The summed E-state index contributed by atoms with van der Waals surface area (Å²) >= 11 is 0. The normalized spacial score (nSPS) is 11.2. The number of hydrogen-bond acceptors (Lipinski definition) is 4. The lowest BCUT2D eigenvalue weighted by Gasteiger charge is -1.99. The van der Waals surface area contributed by atoms with Crippen LogP contribution in [-0.2, 0) is 4.79 Å². The summed E-state index contributed by atoms with van der Waals surface area (Å²) in [6.45, 7) is 0. The van der Waals surface area contributed by atoms with Gasteiger partial charge in [-0.3, -0.25) is 10.5 Å². The van der Waals surface area contributed by atoms with Crippen LogP contribution in [0.5, 0.6) is 5.75 Å². The lowest BCUT2D eigenvalue weighted by atomic mass is 10.3. The second kappa shape index (κ2) is 4.98. The first-order valence-corrected chi connectivity index (χ1v) is 4.87. The molecular formula is C12H9N2O3. The molecule has 1 amide bonds. The third-order valence-electron chi connectivity index (χ3n) is 1.96. The van der Waals surface area contributed by atoms with E-state index in [9.17, 15) is 4.79 Å². The van der Waals surface area contributed by atoms with Gasteiger partial charge in [0.05, 0.1) is 6.26 Å². The maximum Gasteiger partial charge on any atom is 0.295 e. The molecule has 0 bridgehead atoms. The predicted molar refractivity (Wildman–Crippen MR) is 60.4 cm³/mol. The van der Waals surface area contributed by atoms with Crippen LogP contribution in [0, 0.1) is 0 Å². The van der Waals surface area contributed by atoms with Crippen molar-refractivity contribution in [3.05, 3.63) is 54.5 Å². The number of para-hydroxylation sites is 1. The molecule has 2 aromatic rings. The molecule has 0 saturated carbocycles. The van der Waals surface area contributed by atoms with E-state index < -0.39 is 5.91 Å². The number of oxime groups is 1. The summed E-state index contributed by atoms with van der Waals surface area (Å²) in [7, 11) is 0. The fourth-order valence-corrected chi connectivity index (χ4v) is 1.19. The van der Waals surface area contributed by atoms with E-state index in [1.54, 1.807) is 36.4 Å². The summed E-state index contributed by atoms with van der Waals surface area (Å²) in [5.41, 5.74) is 6.90. The van der Waals surface area contributed by atoms with Crippen LogP contribution in [0.3, 0.4) is 0 Å². The minimum atomic E-state index is -0.962. The number of benzene rings is 1. The first-order chi connectivity index (χ1) is 8.27. The van der Waals surface area contributed by atoms with Crippen LogP contribution >= 0.6 is 0 Å². The minimum Gasteiger partial charge on any atom is -0.462 e. The largest absolute Gasteiger partial charge is 0.462 e. The average molecular weight is 229 g/mol. The van der Waals surface area contributed by atoms with Gasteiger partial charge >= 0.3 is 0 Å². The Labute approximate surface area is 97.5 Å². The number of nitrogens with zero attached hydrogens (tertiary/aromatic N) is 1. The van der Waals surface area contributed by atoms with Crippen molar-refractivity contribution in [3.8, 4) is 5.75 Å². The Morgan fingerprint density at radius 1 is 1.18 bits per heavy atom. The third-order valence-corrected chi connectivity index (χ3v) is 1.96. The van der Waals surface area contributed by atoms with E-state index in [2.05, 4.69) is 5.16 Å². The summed E-state index contributed by atoms with van der Waals surface area (Å²) in [6, 6.07) is 11.9. The molecule has 0 saturated heterocycles. The minimum absolute atomic E-state index is 0.168. The lowest BCUT2D eigenvalue weighted by molar-refractivity contribution is -0.112. The smallest absolute Gasteiger partial charge is 0.295 e. The van der Waals surface area contributed by atoms with Gasteiger partial charge in [0.25, 0.3) is 5.91 Å². The van der Waals surface area contributed by atoms with Crippen LogP contribution in [0.1, 0.15) is 5.76 Å². The molecule has 0 aliphatic carbocycles. The zero-order valence-electron chi connectivity index (χ0n) is 8.79. The van der Waals surface area contributed by atoms with Gasteiger partial charge in [-0.05, 0) is 24.3 Å². The quantitative estimate of drug-likeness (QED) is 0.593. The van der Waals surface area contributed by atoms with E-state index in [4.69, 9.17) is 15.0 Å². The summed E-state index contributed by atoms with van der Waals surface area (Å²) in [5.74, 6) is -0.269. The topological polar surface area (TPSA) is 75.6 Å². The van der Waals surface area contributed by atoms with E-state index in [1.807, 2.05) is 6.07 Å². The van der Waals surface area contributed by atoms with E-state index in [1.165, 1.54) is 6.26 Å². The molecule has 5 heteroatoms. The molecule has 85 valence electrons. The summed E-state index contributed by atoms with van der Waals surface area (Å²) < 4.78 is 4.99. The SMILES string of the molecule is [NH]C(=O)/C(=N\Oc1ccccc1)c1ccco1. The van der Waals surface area contributed by atoms with Crippen LogP contribution in [0.25, 0.3) is 0 Å². The maximum atomic E-state index is 11.1. The molecular weight excluding hydrogens is 220 g/mol. The van der Waals surface area contributed by atoms with Gasteiger partial charge in [-0.25, -0.2) is 0 Å². The number of nitrogens with one attached hydrogen (secondary N) is 1. The van der Waals surface area contributed by atoms with Crippen molar-refractivity contribution >= 4 is 11.6 Å². The zero-order valence-corrected chi connectivity index (χ0v) is 8.79. The van der Waals surface area contributed by atoms with E-state index in [0.29, 0.717) is 5.75 Å². The molecule has 1 heterocycles. The van der Waals surface area contributed by atoms with Crippen molar-refractivity contribution in [2.45, 2.75) is 0 Å². The second-order valence-electron chi connectivity index (χ2n) is 3.15. The van der Waals surface area contributed by atoms with Crippen LogP contribution in [0.15, 0.2) is 58.3 Å². The molecule has 0 unspecified atom stereocenters. The fourth-order valence-electron chi connectivity index (χ4n) is 1.19. The fraction of sp³-hybridized carbons (Fsp3) is 0. The van der Waals surface area contributed by atoms with Crippen LogP contribution in [-0.4, -0.2) is 11.6 Å². The highest BCUT2D eigenvalue weighted by atomic mass is 16.6. The molecule has 0 fully saturated rings. The van der Waals surface area contributed by atoms with Crippen molar-refractivity contribution in [3.63, 3.8) is 0 Å². The molecule has 1 aromatic carbocycles. The summed E-state index contributed by atoms with van der Waals surface area (Å²) in [4.78, 5) is 16.1. The molecule has 0 spiro atoms. The number of amides is 1. The molecule has 0 atom stereocenters. The monoisotopic (exact) mass is 229 g/mol. The van der Waals surface area contributed by atoms with Gasteiger partial charge < -0.3 is 9.25 Å². The molecule has 1 radical (unpaired) electrons. The standard InChI is InChI=1S/C12H9N2O3/c13-12(15)11(10-7-4-8-16-10)14-17-9-5-2-1-3-6-9/h1-8,13H/b14-11-. The Morgan fingerprint density at radius 2 is 1.94 bits per heavy atom. The average Bonchev–Trinajstić information content (AvgIpc) is 2.84. The Morgan fingerprint density at radius 3 is 2.53 bits per heavy atom. The Hall–Kier alpha value is -2.56. The Bertz CT molecular complexity index is 518.